The standard InChI is InChI=1S/C51H30N4O2/c1-3-12-31(13-4-1)49-52-50(32-14-5-2-6-15-32)54-51(53-49)40-18-11-21-45-48(40)41-28-33(23-27-44(41)56-45)34-22-25-38-39-26-24-35(30-47(39)57-46(38)29-34)55-42-19-9-7-16-36(42)37-17-8-10-20-43(37)55/h1-30H. The average Bonchev–Trinajstić information content (AvgIpc) is 3.95. The number of benzene rings is 8. The monoisotopic (exact) mass is 730 g/mol. The molecular formula is C51H30N4O2. The Labute approximate surface area is 325 Å². The summed E-state index contributed by atoms with van der Waals surface area (Å²) in [5.41, 5.74) is 11.5. The van der Waals surface area contributed by atoms with Crippen LogP contribution in [-0.4, -0.2) is 19.5 Å². The third-order valence-corrected chi connectivity index (χ3v) is 11.1. The van der Waals surface area contributed by atoms with Crippen LogP contribution < -0.4 is 0 Å². The number of para-hydroxylation sites is 2. The molecule has 12 aromatic rings. The average molecular weight is 731 g/mol. The van der Waals surface area contributed by atoms with Gasteiger partial charge in [-0.2, -0.15) is 0 Å². The third-order valence-electron chi connectivity index (χ3n) is 11.1. The van der Waals surface area contributed by atoms with Crippen molar-refractivity contribution in [2.45, 2.75) is 0 Å². The summed E-state index contributed by atoms with van der Waals surface area (Å²) in [5.74, 6) is 1.82. The molecule has 12 rings (SSSR count). The van der Waals surface area contributed by atoms with Gasteiger partial charge >= 0.3 is 0 Å². The molecule has 0 saturated heterocycles. The summed E-state index contributed by atoms with van der Waals surface area (Å²) in [7, 11) is 0. The van der Waals surface area contributed by atoms with Crippen LogP contribution in [0.5, 0.6) is 0 Å². The highest BCUT2D eigenvalue weighted by atomic mass is 16.3. The topological polar surface area (TPSA) is 69.9 Å². The molecule has 0 saturated carbocycles. The number of furan rings is 2. The second-order valence-electron chi connectivity index (χ2n) is 14.4. The molecular weight excluding hydrogens is 701 g/mol. The van der Waals surface area contributed by atoms with E-state index < -0.39 is 0 Å². The Morgan fingerprint density at radius 2 is 0.895 bits per heavy atom. The van der Waals surface area contributed by atoms with Crippen LogP contribution in [-0.2, 0) is 0 Å². The maximum atomic E-state index is 6.64. The molecule has 4 heterocycles. The molecule has 0 fully saturated rings. The van der Waals surface area contributed by atoms with Crippen molar-refractivity contribution < 1.29 is 8.83 Å². The molecule has 0 N–H and O–H groups in total. The Hall–Kier alpha value is -7.83. The highest BCUT2D eigenvalue weighted by Gasteiger charge is 2.19. The van der Waals surface area contributed by atoms with Crippen LogP contribution in [0, 0.1) is 0 Å². The lowest BCUT2D eigenvalue weighted by molar-refractivity contribution is 0.669. The maximum absolute atomic E-state index is 6.64. The fraction of sp³-hybridized carbons (Fsp3) is 0. The van der Waals surface area contributed by atoms with Crippen molar-refractivity contribution >= 4 is 65.7 Å². The largest absolute Gasteiger partial charge is 0.456 e. The molecule has 0 aliphatic rings. The normalized spacial score (nSPS) is 11.9. The molecule has 4 aromatic heterocycles. The van der Waals surface area contributed by atoms with Gasteiger partial charge < -0.3 is 13.4 Å². The molecule has 266 valence electrons. The van der Waals surface area contributed by atoms with Gasteiger partial charge in [0.2, 0.25) is 0 Å². The summed E-state index contributed by atoms with van der Waals surface area (Å²) in [6.45, 7) is 0. The van der Waals surface area contributed by atoms with Crippen molar-refractivity contribution in [3.8, 4) is 51.0 Å². The first-order valence-electron chi connectivity index (χ1n) is 19.0. The number of rotatable bonds is 5. The van der Waals surface area contributed by atoms with Gasteiger partial charge in [0.05, 0.1) is 11.0 Å². The van der Waals surface area contributed by atoms with E-state index in [1.165, 1.54) is 21.8 Å². The highest BCUT2D eigenvalue weighted by molar-refractivity contribution is 6.14. The first-order valence-corrected chi connectivity index (χ1v) is 19.0. The minimum Gasteiger partial charge on any atom is -0.456 e. The zero-order chi connectivity index (χ0) is 37.5. The minimum atomic E-state index is 0.588. The number of hydrogen-bond acceptors (Lipinski definition) is 5. The summed E-state index contributed by atoms with van der Waals surface area (Å²) in [6, 6.07) is 62.7. The van der Waals surface area contributed by atoms with Crippen LogP contribution in [0.2, 0.25) is 0 Å². The van der Waals surface area contributed by atoms with Crippen molar-refractivity contribution in [3.05, 3.63) is 182 Å². The number of hydrogen-bond donors (Lipinski definition) is 0. The predicted octanol–water partition coefficient (Wildman–Crippen LogP) is 13.4. The molecule has 0 bridgehead atoms. The lowest BCUT2D eigenvalue weighted by Gasteiger charge is -2.09. The SMILES string of the molecule is c1ccc(-c2nc(-c3ccccc3)nc(-c3cccc4oc5ccc(-c6ccc7c(c6)oc6cc(-n8c9ccccc9c9ccccc98)ccc67)cc5c34)n2)cc1. The Morgan fingerprint density at radius 1 is 0.333 bits per heavy atom. The fourth-order valence-electron chi connectivity index (χ4n) is 8.41. The molecule has 6 nitrogen and oxygen atoms in total. The van der Waals surface area contributed by atoms with Crippen molar-refractivity contribution in [3.63, 3.8) is 0 Å². The zero-order valence-corrected chi connectivity index (χ0v) is 30.4. The van der Waals surface area contributed by atoms with Gasteiger partial charge in [-0.3, -0.25) is 0 Å². The molecule has 0 atom stereocenters. The lowest BCUT2D eigenvalue weighted by atomic mass is 9.99. The van der Waals surface area contributed by atoms with E-state index in [9.17, 15) is 0 Å². The fourth-order valence-corrected chi connectivity index (χ4v) is 8.41. The Bertz CT molecular complexity index is 3410. The molecule has 0 radical (unpaired) electrons. The first-order chi connectivity index (χ1) is 28.2. The Morgan fingerprint density at radius 3 is 1.60 bits per heavy atom. The lowest BCUT2D eigenvalue weighted by Crippen LogP contribution is -2.00. The van der Waals surface area contributed by atoms with E-state index in [4.69, 9.17) is 23.8 Å². The predicted molar refractivity (Wildman–Crippen MR) is 230 cm³/mol. The van der Waals surface area contributed by atoms with Gasteiger partial charge in [0.25, 0.3) is 0 Å². The summed E-state index contributed by atoms with van der Waals surface area (Å²) < 4.78 is 15.4. The Balaban J connectivity index is 0.984. The maximum Gasteiger partial charge on any atom is 0.164 e. The van der Waals surface area contributed by atoms with Gasteiger partial charge in [-0.05, 0) is 65.7 Å². The third kappa shape index (κ3) is 5.01. The summed E-state index contributed by atoms with van der Waals surface area (Å²) in [4.78, 5) is 15.0. The first kappa shape index (κ1) is 31.5. The highest BCUT2D eigenvalue weighted by Crippen LogP contribution is 2.40. The molecule has 0 unspecified atom stereocenters. The van der Waals surface area contributed by atoms with Gasteiger partial charge in [0, 0.05) is 60.8 Å². The summed E-state index contributed by atoms with van der Waals surface area (Å²) >= 11 is 0. The van der Waals surface area contributed by atoms with Gasteiger partial charge in [-0.25, -0.2) is 15.0 Å². The number of fused-ring (bicyclic) bond motifs is 9. The molecule has 0 aliphatic heterocycles. The van der Waals surface area contributed by atoms with Crippen LogP contribution in [0.15, 0.2) is 191 Å². The van der Waals surface area contributed by atoms with E-state index >= 15 is 0 Å². The zero-order valence-electron chi connectivity index (χ0n) is 30.4. The van der Waals surface area contributed by atoms with E-state index in [1.807, 2.05) is 78.9 Å². The van der Waals surface area contributed by atoms with Crippen LogP contribution in [0.3, 0.4) is 0 Å². The summed E-state index contributed by atoms with van der Waals surface area (Å²) in [5, 5.41) is 6.59. The number of aromatic nitrogens is 4. The van der Waals surface area contributed by atoms with Gasteiger partial charge in [0.15, 0.2) is 17.5 Å². The van der Waals surface area contributed by atoms with E-state index in [2.05, 4.69) is 108 Å². The van der Waals surface area contributed by atoms with Crippen molar-refractivity contribution in [2.75, 3.05) is 0 Å². The van der Waals surface area contributed by atoms with Crippen molar-refractivity contribution in [1.29, 1.82) is 0 Å². The molecule has 0 aliphatic carbocycles. The molecule has 8 aromatic carbocycles. The molecule has 0 spiro atoms. The smallest absolute Gasteiger partial charge is 0.164 e. The van der Waals surface area contributed by atoms with Crippen LogP contribution in [0.1, 0.15) is 0 Å². The van der Waals surface area contributed by atoms with Gasteiger partial charge in [0.1, 0.15) is 22.3 Å². The van der Waals surface area contributed by atoms with E-state index in [-0.39, 0.29) is 0 Å². The second-order valence-corrected chi connectivity index (χ2v) is 14.4. The van der Waals surface area contributed by atoms with Crippen LogP contribution in [0.4, 0.5) is 0 Å². The second kappa shape index (κ2) is 12.3. The van der Waals surface area contributed by atoms with Crippen LogP contribution >= 0.6 is 0 Å². The van der Waals surface area contributed by atoms with Gasteiger partial charge in [-0.15, -0.1) is 0 Å². The van der Waals surface area contributed by atoms with Crippen molar-refractivity contribution in [2.24, 2.45) is 0 Å². The molecule has 0 amide bonds. The Kier molecular flexibility index (Phi) is 6.83. The summed E-state index contributed by atoms with van der Waals surface area (Å²) in [6.07, 6.45) is 0. The van der Waals surface area contributed by atoms with Crippen molar-refractivity contribution in [1.82, 2.24) is 19.5 Å². The quantitative estimate of drug-likeness (QED) is 0.176. The number of nitrogens with zero attached hydrogens (tertiary/aromatic N) is 4. The van der Waals surface area contributed by atoms with E-state index in [1.54, 1.807) is 0 Å². The minimum absolute atomic E-state index is 0.588. The van der Waals surface area contributed by atoms with E-state index in [0.717, 1.165) is 77.4 Å². The molecule has 6 heteroatoms. The van der Waals surface area contributed by atoms with Crippen LogP contribution in [0.25, 0.3) is 117 Å². The van der Waals surface area contributed by atoms with E-state index in [0.29, 0.717) is 17.5 Å². The van der Waals surface area contributed by atoms with Gasteiger partial charge in [-0.1, -0.05) is 121 Å². The molecule has 57 heavy (non-hydrogen) atoms.